The molecule has 0 aromatic rings. The molecule has 3 heteroatoms. The first-order valence-electron chi connectivity index (χ1n) is 3.98. The molecule has 1 saturated heterocycles. The van der Waals surface area contributed by atoms with Crippen LogP contribution in [0.2, 0.25) is 0 Å². The summed E-state index contributed by atoms with van der Waals surface area (Å²) in [5.41, 5.74) is 0. The zero-order valence-electron chi connectivity index (χ0n) is 6.76. The number of hydrogen-bond acceptors (Lipinski definition) is 2. The largest absolute Gasteiger partial charge is 0.345 e. The van der Waals surface area contributed by atoms with Gasteiger partial charge in [0.15, 0.2) is 0 Å². The van der Waals surface area contributed by atoms with Crippen LogP contribution in [0.1, 0.15) is 26.7 Å². The summed E-state index contributed by atoms with van der Waals surface area (Å²) >= 11 is 0. The summed E-state index contributed by atoms with van der Waals surface area (Å²) < 4.78 is 7.74. The minimum Gasteiger partial charge on any atom is -0.345 e. The average molecular weight is 161 g/mol. The molecule has 10 heavy (non-hydrogen) atoms. The van der Waals surface area contributed by atoms with E-state index in [1.54, 1.807) is 0 Å². The Bertz CT molecular complexity index is 99.6. The molecule has 0 aromatic heterocycles. The number of rotatable bonds is 3. The van der Waals surface area contributed by atoms with Gasteiger partial charge in [0.2, 0.25) is 0 Å². The van der Waals surface area contributed by atoms with E-state index in [0.29, 0.717) is 15.0 Å². The van der Waals surface area contributed by atoms with Gasteiger partial charge >= 0.3 is 0 Å². The van der Waals surface area contributed by atoms with Crippen LogP contribution in [0.4, 0.5) is 0 Å². The second-order valence-corrected chi connectivity index (χ2v) is 3.84. The lowest BCUT2D eigenvalue weighted by atomic mass is 10.3. The topological polar surface area (TPSA) is 12.5 Å². The van der Waals surface area contributed by atoms with Gasteiger partial charge in [-0.25, -0.2) is 0 Å². The van der Waals surface area contributed by atoms with Gasteiger partial charge in [0.1, 0.15) is 0 Å². The Labute approximate surface area is 64.9 Å². The molecule has 2 unspecified atom stereocenters. The monoisotopic (exact) mass is 161 g/mol. The van der Waals surface area contributed by atoms with E-state index >= 15 is 0 Å². The third-order valence-electron chi connectivity index (χ3n) is 1.79. The maximum atomic E-state index is 5.32. The van der Waals surface area contributed by atoms with Gasteiger partial charge in [-0.3, -0.25) is 4.67 Å². The van der Waals surface area contributed by atoms with Crippen molar-refractivity contribution in [3.8, 4) is 0 Å². The standard InChI is InChI=1S/C7H16NOP/c1-3-4-5-8-7(2)6-9-10-8/h7,10H,3-6H2,1-2H3. The molecular formula is C7H16NOP. The second-order valence-electron chi connectivity index (χ2n) is 2.80. The smallest absolute Gasteiger partial charge is 0.0893 e. The Kier molecular flexibility index (Phi) is 3.61. The first-order chi connectivity index (χ1) is 4.84. The Morgan fingerprint density at radius 3 is 3.00 bits per heavy atom. The lowest BCUT2D eigenvalue weighted by Crippen LogP contribution is -2.23. The lowest BCUT2D eigenvalue weighted by Gasteiger charge is -2.16. The van der Waals surface area contributed by atoms with Crippen molar-refractivity contribution >= 4 is 8.96 Å². The van der Waals surface area contributed by atoms with Crippen LogP contribution in [0.5, 0.6) is 0 Å². The molecule has 1 heterocycles. The van der Waals surface area contributed by atoms with Crippen LogP contribution in [0.15, 0.2) is 0 Å². The molecule has 0 aromatic carbocycles. The van der Waals surface area contributed by atoms with Crippen molar-refractivity contribution < 1.29 is 4.52 Å². The fourth-order valence-corrected chi connectivity index (χ4v) is 2.00. The van der Waals surface area contributed by atoms with E-state index < -0.39 is 0 Å². The normalized spacial score (nSPS) is 30.0. The van der Waals surface area contributed by atoms with Gasteiger partial charge in [-0.05, 0) is 13.3 Å². The second kappa shape index (κ2) is 4.27. The fraction of sp³-hybridized carbons (Fsp3) is 1.00. The summed E-state index contributed by atoms with van der Waals surface area (Å²) in [7, 11) is 0.623. The number of nitrogens with zero attached hydrogens (tertiary/aromatic N) is 1. The van der Waals surface area contributed by atoms with Crippen LogP contribution in [0.25, 0.3) is 0 Å². The Balaban J connectivity index is 2.14. The van der Waals surface area contributed by atoms with Crippen molar-refractivity contribution in [3.63, 3.8) is 0 Å². The zero-order valence-corrected chi connectivity index (χ0v) is 7.76. The van der Waals surface area contributed by atoms with Crippen molar-refractivity contribution in [2.45, 2.75) is 32.7 Å². The van der Waals surface area contributed by atoms with Crippen LogP contribution in [0.3, 0.4) is 0 Å². The van der Waals surface area contributed by atoms with E-state index in [9.17, 15) is 0 Å². The molecule has 1 fully saturated rings. The quantitative estimate of drug-likeness (QED) is 0.587. The van der Waals surface area contributed by atoms with E-state index in [0.717, 1.165) is 6.61 Å². The van der Waals surface area contributed by atoms with Gasteiger partial charge in [0, 0.05) is 12.6 Å². The molecule has 0 saturated carbocycles. The molecule has 0 amide bonds. The molecule has 0 N–H and O–H groups in total. The van der Waals surface area contributed by atoms with Crippen molar-refractivity contribution in [1.29, 1.82) is 0 Å². The van der Waals surface area contributed by atoms with E-state index in [-0.39, 0.29) is 0 Å². The first kappa shape index (κ1) is 8.45. The van der Waals surface area contributed by atoms with Crippen molar-refractivity contribution in [1.82, 2.24) is 4.67 Å². The number of hydrogen-bond donors (Lipinski definition) is 0. The summed E-state index contributed by atoms with van der Waals surface area (Å²) in [6, 6.07) is 0.657. The van der Waals surface area contributed by atoms with Gasteiger partial charge in [-0.1, -0.05) is 13.3 Å². The third-order valence-corrected chi connectivity index (χ3v) is 2.99. The maximum absolute atomic E-state index is 5.32. The predicted octanol–water partition coefficient (Wildman–Crippen LogP) is 2.02. The average Bonchev–Trinajstić information content (AvgIpc) is 2.31. The van der Waals surface area contributed by atoms with E-state index in [1.165, 1.54) is 19.4 Å². The minimum absolute atomic E-state index is 0.623. The van der Waals surface area contributed by atoms with Crippen LogP contribution >= 0.6 is 8.96 Å². The zero-order chi connectivity index (χ0) is 7.40. The van der Waals surface area contributed by atoms with Gasteiger partial charge < -0.3 is 4.52 Å². The van der Waals surface area contributed by atoms with E-state index in [4.69, 9.17) is 4.52 Å². The van der Waals surface area contributed by atoms with E-state index in [2.05, 4.69) is 18.5 Å². The van der Waals surface area contributed by atoms with Crippen LogP contribution < -0.4 is 0 Å². The molecule has 60 valence electrons. The Morgan fingerprint density at radius 2 is 2.50 bits per heavy atom. The highest BCUT2D eigenvalue weighted by Gasteiger charge is 2.19. The summed E-state index contributed by atoms with van der Waals surface area (Å²) in [4.78, 5) is 0. The van der Waals surface area contributed by atoms with Crippen molar-refractivity contribution in [2.24, 2.45) is 0 Å². The van der Waals surface area contributed by atoms with Gasteiger partial charge in [-0.2, -0.15) is 0 Å². The minimum atomic E-state index is 0.623. The molecule has 2 atom stereocenters. The Hall–Kier alpha value is 0.350. The molecule has 1 aliphatic rings. The SMILES string of the molecule is CCCCN1POCC1C. The molecule has 0 radical (unpaired) electrons. The summed E-state index contributed by atoms with van der Waals surface area (Å²) in [6.45, 7) is 6.61. The van der Waals surface area contributed by atoms with Crippen LogP contribution in [-0.2, 0) is 4.52 Å². The summed E-state index contributed by atoms with van der Waals surface area (Å²) in [5, 5.41) is 0. The summed E-state index contributed by atoms with van der Waals surface area (Å²) in [6.07, 6.45) is 2.59. The molecule has 0 aliphatic carbocycles. The van der Waals surface area contributed by atoms with Crippen molar-refractivity contribution in [2.75, 3.05) is 13.2 Å². The van der Waals surface area contributed by atoms with Crippen LogP contribution in [-0.4, -0.2) is 23.9 Å². The lowest BCUT2D eigenvalue weighted by molar-refractivity contribution is 0.325. The molecule has 2 nitrogen and oxygen atoms in total. The van der Waals surface area contributed by atoms with Crippen molar-refractivity contribution in [3.05, 3.63) is 0 Å². The van der Waals surface area contributed by atoms with Crippen LogP contribution in [0, 0.1) is 0 Å². The highest BCUT2D eigenvalue weighted by atomic mass is 31.1. The van der Waals surface area contributed by atoms with E-state index in [1.807, 2.05) is 0 Å². The molecule has 1 rings (SSSR count). The number of unbranched alkanes of at least 4 members (excludes halogenated alkanes) is 1. The fourth-order valence-electron chi connectivity index (χ4n) is 1.02. The van der Waals surface area contributed by atoms with Gasteiger partial charge in [0.05, 0.1) is 15.6 Å². The van der Waals surface area contributed by atoms with Gasteiger partial charge in [-0.15, -0.1) is 0 Å². The highest BCUT2D eigenvalue weighted by Crippen LogP contribution is 2.30. The molecular weight excluding hydrogens is 145 g/mol. The maximum Gasteiger partial charge on any atom is 0.0893 e. The molecule has 0 spiro atoms. The predicted molar refractivity (Wildman–Crippen MR) is 45.3 cm³/mol. The Morgan fingerprint density at radius 1 is 1.70 bits per heavy atom. The molecule has 0 bridgehead atoms. The van der Waals surface area contributed by atoms with Gasteiger partial charge in [0.25, 0.3) is 0 Å². The first-order valence-corrected chi connectivity index (χ1v) is 4.84. The summed E-state index contributed by atoms with van der Waals surface area (Å²) in [5.74, 6) is 0. The third kappa shape index (κ3) is 2.19. The highest BCUT2D eigenvalue weighted by molar-refractivity contribution is 7.29. The molecule has 1 aliphatic heterocycles.